The molecule has 0 heterocycles. The van der Waals surface area contributed by atoms with E-state index in [1.807, 2.05) is 142 Å². The number of carbonyl (C=O) groups excluding carboxylic acids is 2. The Morgan fingerprint density at radius 3 is 1.41 bits per heavy atom. The fourth-order valence-corrected chi connectivity index (χ4v) is 8.97. The van der Waals surface area contributed by atoms with Crippen LogP contribution in [-0.4, -0.2) is 29.5 Å². The summed E-state index contributed by atoms with van der Waals surface area (Å²) in [5.74, 6) is -1.22. The summed E-state index contributed by atoms with van der Waals surface area (Å²) in [4.78, 5) is 33.3. The third-order valence-corrected chi connectivity index (χ3v) is 10.7. The van der Waals surface area contributed by atoms with Crippen LogP contribution in [0.4, 0.5) is 0 Å². The van der Waals surface area contributed by atoms with Gasteiger partial charge < -0.3 is 4.74 Å². The maximum Gasteiger partial charge on any atom is 0.344 e. The van der Waals surface area contributed by atoms with Crippen LogP contribution in [0.1, 0.15) is 33.3 Å². The molecule has 0 unspecified atom stereocenters. The first-order chi connectivity index (χ1) is 18.8. The summed E-state index contributed by atoms with van der Waals surface area (Å²) in [6, 6.07) is 39.1. The molecule has 198 valence electrons. The Morgan fingerprint density at radius 1 is 0.667 bits per heavy atom. The van der Waals surface area contributed by atoms with E-state index in [1.165, 1.54) is 0 Å². The normalized spacial score (nSPS) is 12.1. The Kier molecular flexibility index (Phi) is 8.79. The fraction of sp³-hybridized carbons (Fsp3) is 0.176. The molecule has 0 fully saturated rings. The lowest BCUT2D eigenvalue weighted by atomic mass is 9.85. The van der Waals surface area contributed by atoms with Crippen molar-refractivity contribution >= 4 is 45.7 Å². The quantitative estimate of drug-likeness (QED) is 0.131. The SMILES string of the molecule is CCOC(=O)C(C(=O)N=C(c1ccccc1)C(C)(C)C)=P(c1ccccc1)(c1ccccc1)c1ccccc1. The molecular formula is C34H34NO3P. The van der Waals surface area contributed by atoms with Gasteiger partial charge in [0.25, 0.3) is 5.91 Å². The summed E-state index contributed by atoms with van der Waals surface area (Å²) in [6.07, 6.45) is 0. The molecule has 1 amide bonds. The van der Waals surface area contributed by atoms with Gasteiger partial charge in [0.1, 0.15) is 5.29 Å². The molecule has 0 aromatic heterocycles. The van der Waals surface area contributed by atoms with Crippen molar-refractivity contribution in [2.75, 3.05) is 6.61 Å². The Bertz CT molecular complexity index is 1400. The number of rotatable bonds is 7. The smallest absolute Gasteiger partial charge is 0.344 e. The Balaban J connectivity index is 2.22. The first-order valence-corrected chi connectivity index (χ1v) is 14.9. The molecule has 0 atom stereocenters. The van der Waals surface area contributed by atoms with Crippen LogP contribution in [0.5, 0.6) is 0 Å². The number of benzene rings is 4. The van der Waals surface area contributed by atoms with E-state index < -0.39 is 24.2 Å². The minimum Gasteiger partial charge on any atom is -0.462 e. The van der Waals surface area contributed by atoms with E-state index in [1.54, 1.807) is 6.92 Å². The van der Waals surface area contributed by atoms with E-state index in [0.717, 1.165) is 21.5 Å². The van der Waals surface area contributed by atoms with Crippen LogP contribution in [0.15, 0.2) is 126 Å². The number of hydrogen-bond acceptors (Lipinski definition) is 3. The molecule has 4 aromatic rings. The molecule has 39 heavy (non-hydrogen) atoms. The van der Waals surface area contributed by atoms with Crippen LogP contribution in [0.3, 0.4) is 0 Å². The molecule has 0 aliphatic carbocycles. The highest BCUT2D eigenvalue weighted by Gasteiger charge is 2.38. The second kappa shape index (κ2) is 12.2. The molecule has 0 spiro atoms. The van der Waals surface area contributed by atoms with Gasteiger partial charge in [0, 0.05) is 5.41 Å². The van der Waals surface area contributed by atoms with Gasteiger partial charge in [-0.2, -0.15) is 0 Å². The largest absolute Gasteiger partial charge is 0.462 e. The lowest BCUT2D eigenvalue weighted by molar-refractivity contribution is -0.135. The van der Waals surface area contributed by atoms with Crippen molar-refractivity contribution in [1.82, 2.24) is 0 Å². The molecule has 0 saturated carbocycles. The molecule has 0 aliphatic rings. The summed E-state index contributed by atoms with van der Waals surface area (Å²) in [5.41, 5.74) is 0.997. The van der Waals surface area contributed by atoms with E-state index in [-0.39, 0.29) is 11.9 Å². The number of aliphatic imine (C=N–C) groups is 1. The molecule has 0 saturated heterocycles. The van der Waals surface area contributed by atoms with Crippen molar-refractivity contribution in [1.29, 1.82) is 0 Å². The third kappa shape index (κ3) is 5.87. The number of ether oxygens (including phenoxy) is 1. The predicted molar refractivity (Wildman–Crippen MR) is 164 cm³/mol. The van der Waals surface area contributed by atoms with Crippen molar-refractivity contribution in [2.45, 2.75) is 27.7 Å². The summed E-state index contributed by atoms with van der Waals surface area (Å²) in [5, 5.41) is 2.70. The highest BCUT2D eigenvalue weighted by atomic mass is 31.2. The zero-order valence-electron chi connectivity index (χ0n) is 22.9. The summed E-state index contributed by atoms with van der Waals surface area (Å²) < 4.78 is 5.63. The molecule has 5 heteroatoms. The van der Waals surface area contributed by atoms with Gasteiger partial charge in [-0.15, -0.1) is 0 Å². The number of carbonyl (C=O) groups is 2. The highest BCUT2D eigenvalue weighted by molar-refractivity contribution is 7.97. The maximum absolute atomic E-state index is 14.6. The highest BCUT2D eigenvalue weighted by Crippen LogP contribution is 2.47. The summed E-state index contributed by atoms with van der Waals surface area (Å²) in [7, 11) is 0. The first kappa shape index (κ1) is 28.0. The van der Waals surface area contributed by atoms with Gasteiger partial charge in [0.15, 0.2) is 0 Å². The van der Waals surface area contributed by atoms with Gasteiger partial charge in [0.2, 0.25) is 0 Å². The monoisotopic (exact) mass is 535 g/mol. The van der Waals surface area contributed by atoms with Crippen LogP contribution >= 0.6 is 6.89 Å². The number of nitrogens with zero attached hydrogens (tertiary/aromatic N) is 1. The van der Waals surface area contributed by atoms with Crippen molar-refractivity contribution in [2.24, 2.45) is 10.4 Å². The van der Waals surface area contributed by atoms with Gasteiger partial charge in [-0.05, 0) is 35.3 Å². The van der Waals surface area contributed by atoms with E-state index >= 15 is 0 Å². The van der Waals surface area contributed by atoms with Crippen LogP contribution in [0.2, 0.25) is 0 Å². The molecule has 4 aromatic carbocycles. The zero-order valence-corrected chi connectivity index (χ0v) is 23.8. The van der Waals surface area contributed by atoms with Gasteiger partial charge >= 0.3 is 5.97 Å². The van der Waals surface area contributed by atoms with Crippen LogP contribution in [-0.2, 0) is 14.3 Å². The molecule has 0 aliphatic heterocycles. The first-order valence-electron chi connectivity index (χ1n) is 13.1. The van der Waals surface area contributed by atoms with Crippen molar-refractivity contribution in [3.8, 4) is 0 Å². The van der Waals surface area contributed by atoms with E-state index in [9.17, 15) is 9.59 Å². The van der Waals surface area contributed by atoms with E-state index in [0.29, 0.717) is 5.71 Å². The maximum atomic E-state index is 14.6. The fourth-order valence-electron chi connectivity index (χ4n) is 4.77. The third-order valence-electron chi connectivity index (χ3n) is 6.41. The summed E-state index contributed by atoms with van der Waals surface area (Å²) >= 11 is 0. The van der Waals surface area contributed by atoms with Crippen molar-refractivity contribution in [3.63, 3.8) is 0 Å². The van der Waals surface area contributed by atoms with Gasteiger partial charge in [-0.25, -0.2) is 9.79 Å². The van der Waals surface area contributed by atoms with Crippen LogP contribution < -0.4 is 15.9 Å². The van der Waals surface area contributed by atoms with Crippen molar-refractivity contribution < 1.29 is 14.3 Å². The second-order valence-corrected chi connectivity index (χ2v) is 13.5. The van der Waals surface area contributed by atoms with Crippen LogP contribution in [0, 0.1) is 5.41 Å². The average molecular weight is 536 g/mol. The molecule has 0 N–H and O–H groups in total. The lowest BCUT2D eigenvalue weighted by Gasteiger charge is -2.31. The number of hydrogen-bond donors (Lipinski definition) is 0. The standard InChI is InChI=1S/C34H34NO3P/c1-5-38-33(37)30(32(36)35-31(34(2,3)4)26-18-10-6-11-19-26)39(27-20-12-7-13-21-27,28-22-14-8-15-23-28)29-24-16-9-17-25-29/h6-25H,5H2,1-4H3. The van der Waals surface area contributed by atoms with E-state index in [4.69, 9.17) is 9.73 Å². The van der Waals surface area contributed by atoms with Crippen LogP contribution in [0.25, 0.3) is 0 Å². The zero-order chi connectivity index (χ0) is 27.9. The summed E-state index contributed by atoms with van der Waals surface area (Å²) in [6.45, 7) is 4.93. The Morgan fingerprint density at radius 2 is 1.05 bits per heavy atom. The van der Waals surface area contributed by atoms with E-state index in [2.05, 4.69) is 0 Å². The minimum atomic E-state index is -3.02. The van der Waals surface area contributed by atoms with Crippen molar-refractivity contribution in [3.05, 3.63) is 127 Å². The molecule has 4 nitrogen and oxygen atoms in total. The second-order valence-electron chi connectivity index (χ2n) is 10.1. The van der Waals surface area contributed by atoms with Gasteiger partial charge in [-0.3, -0.25) is 4.79 Å². The van der Waals surface area contributed by atoms with Gasteiger partial charge in [-0.1, -0.05) is 142 Å². The topological polar surface area (TPSA) is 55.7 Å². The number of amides is 1. The lowest BCUT2D eigenvalue weighted by Crippen LogP contribution is -2.38. The Labute approximate surface area is 231 Å². The molecule has 0 radical (unpaired) electrons. The Hall–Kier alpha value is -4.01. The molecule has 0 bridgehead atoms. The number of esters is 1. The average Bonchev–Trinajstić information content (AvgIpc) is 2.96. The minimum absolute atomic E-state index is 0.0608. The molecular weight excluding hydrogens is 501 g/mol. The predicted octanol–water partition coefficient (Wildman–Crippen LogP) is 5.78. The van der Waals surface area contributed by atoms with Gasteiger partial charge in [0.05, 0.1) is 12.3 Å². The molecule has 4 rings (SSSR count).